The molecule has 0 aliphatic carbocycles. The van der Waals surface area contributed by atoms with Crippen LogP contribution < -0.4 is 9.64 Å². The molecule has 0 saturated heterocycles. The normalized spacial score (nSPS) is 15.9. The number of hydrogen-bond donors (Lipinski definition) is 0. The molecular weight excluding hydrogens is 416 g/mol. The molecule has 1 aromatic heterocycles. The van der Waals surface area contributed by atoms with E-state index >= 15 is 0 Å². The van der Waals surface area contributed by atoms with Crippen LogP contribution in [-0.2, 0) is 10.3 Å². The van der Waals surface area contributed by atoms with E-state index in [1.807, 2.05) is 62.0 Å². The lowest BCUT2D eigenvalue weighted by molar-refractivity contribution is -0.115. The number of fused-ring (bicyclic) bond motifs is 2. The summed E-state index contributed by atoms with van der Waals surface area (Å²) in [4.78, 5) is 28.3. The standard InChI is InChI=1S/C23H20N2O3S2/c1-5-28-16-9-7-6-8-15(16)25-22(29)17-13-10-12(2)11-14-18(13)24(21(27)19(14)26)23(3,4)20(17)30-25/h6-11H,5H2,1-4H3. The highest BCUT2D eigenvalue weighted by Crippen LogP contribution is 2.55. The lowest BCUT2D eigenvalue weighted by Crippen LogP contribution is -2.46. The molecule has 3 heterocycles. The third kappa shape index (κ3) is 2.36. The first kappa shape index (κ1) is 19.2. The number of benzene rings is 2. The maximum atomic E-state index is 12.9. The number of carbonyl (C=O) groups excluding carboxylic acids is 2. The largest absolute Gasteiger partial charge is 0.492 e. The average molecular weight is 437 g/mol. The number of nitrogens with zero attached hydrogens (tertiary/aromatic N) is 2. The molecule has 2 aliphatic heterocycles. The SMILES string of the molecule is CCOc1ccccc1-n1sc2c(c1=S)-c1cc(C)cc3c1N(C(=O)C3=O)C2(C)C. The van der Waals surface area contributed by atoms with E-state index < -0.39 is 17.2 Å². The summed E-state index contributed by atoms with van der Waals surface area (Å²) in [5.41, 5.74) is 4.04. The second-order valence-corrected chi connectivity index (χ2v) is 9.38. The number of amides is 1. The van der Waals surface area contributed by atoms with E-state index in [0.29, 0.717) is 22.5 Å². The molecule has 5 rings (SSSR count). The van der Waals surface area contributed by atoms with Crippen LogP contribution in [0.3, 0.4) is 0 Å². The summed E-state index contributed by atoms with van der Waals surface area (Å²) in [6.45, 7) is 8.38. The van der Waals surface area contributed by atoms with Gasteiger partial charge in [0.05, 0.1) is 34.0 Å². The molecule has 0 radical (unpaired) electrons. The molecule has 7 heteroatoms. The molecule has 0 fully saturated rings. The number of aryl methyl sites for hydroxylation is 1. The molecule has 0 N–H and O–H groups in total. The lowest BCUT2D eigenvalue weighted by Gasteiger charge is -2.39. The molecule has 0 bridgehead atoms. The molecule has 0 unspecified atom stereocenters. The first-order chi connectivity index (χ1) is 14.3. The number of para-hydroxylation sites is 2. The minimum Gasteiger partial charge on any atom is -0.492 e. The molecule has 1 amide bonds. The van der Waals surface area contributed by atoms with E-state index in [4.69, 9.17) is 17.0 Å². The Kier molecular flexibility index (Phi) is 4.07. The van der Waals surface area contributed by atoms with Crippen molar-refractivity contribution in [3.63, 3.8) is 0 Å². The van der Waals surface area contributed by atoms with Gasteiger partial charge < -0.3 is 4.74 Å². The van der Waals surface area contributed by atoms with Gasteiger partial charge in [0.1, 0.15) is 10.4 Å². The Morgan fingerprint density at radius 3 is 2.57 bits per heavy atom. The predicted octanol–water partition coefficient (Wildman–Crippen LogP) is 5.42. The fourth-order valence-electron chi connectivity index (χ4n) is 4.43. The van der Waals surface area contributed by atoms with Crippen molar-refractivity contribution in [1.82, 2.24) is 3.96 Å². The van der Waals surface area contributed by atoms with E-state index in [-0.39, 0.29) is 0 Å². The van der Waals surface area contributed by atoms with Gasteiger partial charge in [0.25, 0.3) is 11.7 Å². The summed E-state index contributed by atoms with van der Waals surface area (Å²) >= 11 is 7.45. The molecule has 0 saturated carbocycles. The van der Waals surface area contributed by atoms with Gasteiger partial charge in [-0.2, -0.15) is 0 Å². The number of anilines is 1. The highest BCUT2D eigenvalue weighted by molar-refractivity contribution is 7.71. The van der Waals surface area contributed by atoms with Crippen molar-refractivity contribution >= 4 is 41.1 Å². The van der Waals surface area contributed by atoms with Crippen LogP contribution in [0.1, 0.15) is 41.6 Å². The van der Waals surface area contributed by atoms with Crippen LogP contribution >= 0.6 is 23.8 Å². The number of hydrogen-bond acceptors (Lipinski definition) is 5. The van der Waals surface area contributed by atoms with E-state index in [1.165, 1.54) is 11.5 Å². The highest BCUT2D eigenvalue weighted by atomic mass is 32.1. The second kappa shape index (κ2) is 6.36. The van der Waals surface area contributed by atoms with Crippen molar-refractivity contribution in [2.75, 3.05) is 11.5 Å². The van der Waals surface area contributed by atoms with Gasteiger partial charge in [0.15, 0.2) is 0 Å². The van der Waals surface area contributed by atoms with Crippen LogP contribution in [0.25, 0.3) is 16.8 Å². The zero-order valence-corrected chi connectivity index (χ0v) is 18.7. The van der Waals surface area contributed by atoms with Gasteiger partial charge in [0, 0.05) is 11.1 Å². The molecule has 0 atom stereocenters. The molecular formula is C23H20N2O3S2. The zero-order chi connectivity index (χ0) is 21.4. The molecule has 30 heavy (non-hydrogen) atoms. The molecule has 2 aliphatic rings. The minimum absolute atomic E-state index is 0.446. The van der Waals surface area contributed by atoms with Gasteiger partial charge in [-0.3, -0.25) is 18.4 Å². The maximum absolute atomic E-state index is 12.9. The van der Waals surface area contributed by atoms with E-state index in [9.17, 15) is 9.59 Å². The quantitative estimate of drug-likeness (QED) is 0.406. The van der Waals surface area contributed by atoms with Crippen molar-refractivity contribution < 1.29 is 14.3 Å². The number of aromatic nitrogens is 1. The van der Waals surface area contributed by atoms with Gasteiger partial charge in [-0.1, -0.05) is 35.9 Å². The summed E-state index contributed by atoms with van der Waals surface area (Å²) in [6.07, 6.45) is 0. The van der Waals surface area contributed by atoms with E-state index in [2.05, 4.69) is 0 Å². The van der Waals surface area contributed by atoms with Gasteiger partial charge in [0.2, 0.25) is 0 Å². The van der Waals surface area contributed by atoms with Crippen LogP contribution in [0.4, 0.5) is 5.69 Å². The van der Waals surface area contributed by atoms with Crippen LogP contribution in [0.15, 0.2) is 36.4 Å². The number of rotatable bonds is 3. The predicted molar refractivity (Wildman–Crippen MR) is 121 cm³/mol. The second-order valence-electron chi connectivity index (χ2n) is 8.03. The summed E-state index contributed by atoms with van der Waals surface area (Å²) in [6, 6.07) is 11.6. The number of ether oxygens (including phenoxy) is 1. The topological polar surface area (TPSA) is 51.5 Å². The summed E-state index contributed by atoms with van der Waals surface area (Å²) in [7, 11) is 0. The zero-order valence-electron chi connectivity index (χ0n) is 17.1. The number of ketones is 1. The van der Waals surface area contributed by atoms with Gasteiger partial charge in [-0.15, -0.1) is 0 Å². The first-order valence-electron chi connectivity index (χ1n) is 9.80. The van der Waals surface area contributed by atoms with Crippen LogP contribution in [0.2, 0.25) is 0 Å². The fourth-order valence-corrected chi connectivity index (χ4v) is 6.14. The maximum Gasteiger partial charge on any atom is 0.300 e. The highest BCUT2D eigenvalue weighted by Gasteiger charge is 2.51. The third-order valence-corrected chi connectivity index (χ3v) is 7.65. The molecule has 5 nitrogen and oxygen atoms in total. The third-order valence-electron chi connectivity index (χ3n) is 5.70. The molecule has 0 spiro atoms. The number of carbonyl (C=O) groups is 2. The van der Waals surface area contributed by atoms with Crippen molar-refractivity contribution in [3.05, 3.63) is 57.0 Å². The summed E-state index contributed by atoms with van der Waals surface area (Å²) in [5, 5.41) is 0. The van der Waals surface area contributed by atoms with E-state index in [1.54, 1.807) is 11.0 Å². The van der Waals surface area contributed by atoms with Crippen LogP contribution in [0.5, 0.6) is 5.75 Å². The minimum atomic E-state index is -0.695. The van der Waals surface area contributed by atoms with Crippen molar-refractivity contribution in [3.8, 4) is 22.6 Å². The first-order valence-corrected chi connectivity index (χ1v) is 11.0. The Balaban J connectivity index is 1.86. The summed E-state index contributed by atoms with van der Waals surface area (Å²) in [5.74, 6) is -0.167. The Hall–Kier alpha value is -2.77. The lowest BCUT2D eigenvalue weighted by atomic mass is 9.87. The average Bonchev–Trinajstić information content (AvgIpc) is 3.18. The fraction of sp³-hybridized carbons (Fsp3) is 0.261. The Morgan fingerprint density at radius 2 is 1.83 bits per heavy atom. The smallest absolute Gasteiger partial charge is 0.300 e. The van der Waals surface area contributed by atoms with Gasteiger partial charge in [-0.25, -0.2) is 0 Å². The Morgan fingerprint density at radius 1 is 1.13 bits per heavy atom. The molecule has 152 valence electrons. The van der Waals surface area contributed by atoms with Crippen molar-refractivity contribution in [1.29, 1.82) is 0 Å². The van der Waals surface area contributed by atoms with Crippen LogP contribution in [0, 0.1) is 11.6 Å². The Labute approximate surface area is 183 Å². The molecule has 3 aromatic rings. The Bertz CT molecular complexity index is 1320. The monoisotopic (exact) mass is 436 g/mol. The molecule has 2 aromatic carbocycles. The summed E-state index contributed by atoms with van der Waals surface area (Å²) < 4.78 is 8.49. The van der Waals surface area contributed by atoms with Crippen molar-refractivity contribution in [2.24, 2.45) is 0 Å². The van der Waals surface area contributed by atoms with Crippen LogP contribution in [-0.4, -0.2) is 22.3 Å². The number of Topliss-reactive ketones (excluding diaryl/α,β-unsaturated/α-hetero) is 1. The van der Waals surface area contributed by atoms with E-state index in [0.717, 1.165) is 33.0 Å². The van der Waals surface area contributed by atoms with Gasteiger partial charge >= 0.3 is 0 Å². The van der Waals surface area contributed by atoms with Gasteiger partial charge in [-0.05, 0) is 57.5 Å². The van der Waals surface area contributed by atoms with Crippen molar-refractivity contribution in [2.45, 2.75) is 33.2 Å².